The molecule has 0 bridgehead atoms. The lowest BCUT2D eigenvalue weighted by Crippen LogP contribution is -2.30. The Morgan fingerprint density at radius 3 is 2.72 bits per heavy atom. The van der Waals surface area contributed by atoms with Crippen LogP contribution in [0.25, 0.3) is 0 Å². The highest BCUT2D eigenvalue weighted by atomic mass is 15.4. The van der Waals surface area contributed by atoms with Crippen LogP contribution in [0.3, 0.4) is 0 Å². The lowest BCUT2D eigenvalue weighted by molar-refractivity contribution is 0.661. The molecule has 4 nitrogen and oxygen atoms in total. The van der Waals surface area contributed by atoms with Crippen LogP contribution in [0.5, 0.6) is 0 Å². The van der Waals surface area contributed by atoms with Crippen molar-refractivity contribution < 1.29 is 0 Å². The van der Waals surface area contributed by atoms with Crippen LogP contribution in [-0.4, -0.2) is 28.4 Å². The van der Waals surface area contributed by atoms with E-state index in [0.29, 0.717) is 6.04 Å². The van der Waals surface area contributed by atoms with Gasteiger partial charge < -0.3 is 10.2 Å². The van der Waals surface area contributed by atoms with Crippen molar-refractivity contribution in [2.45, 2.75) is 58.2 Å². The van der Waals surface area contributed by atoms with Crippen molar-refractivity contribution in [3.63, 3.8) is 0 Å². The summed E-state index contributed by atoms with van der Waals surface area (Å²) in [5.41, 5.74) is 2.58. The number of nitrogens with one attached hydrogen (secondary N) is 1. The molecule has 1 aromatic rings. The second kappa shape index (κ2) is 4.57. The monoisotopic (exact) mass is 248 g/mol. The summed E-state index contributed by atoms with van der Waals surface area (Å²) in [7, 11) is 2.08. The maximum absolute atomic E-state index is 4.62. The van der Waals surface area contributed by atoms with E-state index in [1.54, 1.807) is 0 Å². The van der Waals surface area contributed by atoms with Gasteiger partial charge in [-0.25, -0.2) is 0 Å². The fourth-order valence-electron chi connectivity index (χ4n) is 3.04. The van der Waals surface area contributed by atoms with Gasteiger partial charge in [0.2, 0.25) is 0 Å². The highest BCUT2D eigenvalue weighted by molar-refractivity contribution is 5.51. The zero-order valence-corrected chi connectivity index (χ0v) is 11.7. The van der Waals surface area contributed by atoms with Crippen LogP contribution in [0.4, 0.5) is 5.82 Å². The third-order valence-corrected chi connectivity index (χ3v) is 4.28. The number of anilines is 1. The second-order valence-electron chi connectivity index (χ2n) is 5.85. The van der Waals surface area contributed by atoms with Crippen LogP contribution in [0, 0.1) is 6.92 Å². The average molecular weight is 248 g/mol. The van der Waals surface area contributed by atoms with Gasteiger partial charge >= 0.3 is 0 Å². The first-order valence-corrected chi connectivity index (χ1v) is 7.19. The van der Waals surface area contributed by atoms with Crippen molar-refractivity contribution in [2.24, 2.45) is 7.05 Å². The Morgan fingerprint density at radius 1 is 1.33 bits per heavy atom. The molecule has 0 spiro atoms. The maximum atomic E-state index is 4.62. The predicted molar refractivity (Wildman–Crippen MR) is 73.8 cm³/mol. The number of aromatic nitrogens is 2. The molecule has 1 unspecified atom stereocenters. The summed E-state index contributed by atoms with van der Waals surface area (Å²) in [6.45, 7) is 6.61. The summed E-state index contributed by atoms with van der Waals surface area (Å²) >= 11 is 0. The number of nitrogens with zero attached hydrogens (tertiary/aromatic N) is 3. The van der Waals surface area contributed by atoms with Crippen LogP contribution < -0.4 is 10.2 Å². The van der Waals surface area contributed by atoms with Crippen LogP contribution >= 0.6 is 0 Å². The molecule has 0 aromatic carbocycles. The quantitative estimate of drug-likeness (QED) is 0.884. The summed E-state index contributed by atoms with van der Waals surface area (Å²) in [6.07, 6.45) is 5.30. The van der Waals surface area contributed by atoms with E-state index in [2.05, 4.69) is 40.9 Å². The third kappa shape index (κ3) is 2.14. The van der Waals surface area contributed by atoms with Crippen molar-refractivity contribution in [3.8, 4) is 0 Å². The zero-order chi connectivity index (χ0) is 12.7. The Morgan fingerprint density at radius 2 is 2.11 bits per heavy atom. The number of rotatable bonds is 4. The van der Waals surface area contributed by atoms with E-state index in [4.69, 9.17) is 0 Å². The summed E-state index contributed by atoms with van der Waals surface area (Å²) in [4.78, 5) is 2.53. The minimum absolute atomic E-state index is 0.652. The minimum atomic E-state index is 0.652. The van der Waals surface area contributed by atoms with Gasteiger partial charge in [0.15, 0.2) is 0 Å². The predicted octanol–water partition coefficient (Wildman–Crippen LogP) is 1.97. The van der Waals surface area contributed by atoms with Crippen molar-refractivity contribution in [1.29, 1.82) is 0 Å². The molecule has 1 saturated heterocycles. The minimum Gasteiger partial charge on any atom is -0.354 e. The van der Waals surface area contributed by atoms with Gasteiger partial charge in [-0.2, -0.15) is 5.10 Å². The van der Waals surface area contributed by atoms with Crippen molar-refractivity contribution in [1.82, 2.24) is 15.1 Å². The van der Waals surface area contributed by atoms with E-state index in [1.807, 2.05) is 0 Å². The largest absolute Gasteiger partial charge is 0.354 e. The van der Waals surface area contributed by atoms with Gasteiger partial charge in [-0.05, 0) is 39.5 Å². The second-order valence-corrected chi connectivity index (χ2v) is 5.85. The van der Waals surface area contributed by atoms with E-state index < -0.39 is 0 Å². The third-order valence-electron chi connectivity index (χ3n) is 4.28. The number of hydrogen-bond donors (Lipinski definition) is 1. The molecule has 1 aliphatic carbocycles. The molecule has 1 saturated carbocycles. The molecule has 0 radical (unpaired) electrons. The van der Waals surface area contributed by atoms with Crippen LogP contribution in [0.15, 0.2) is 0 Å². The molecule has 2 fully saturated rings. The standard InChI is InChI=1S/C14H24N4/c1-10-5-4-8-18(10)14-13(9-15-12-6-7-12)11(2)16-17(14)3/h10,12,15H,4-9H2,1-3H3. The molecular weight excluding hydrogens is 224 g/mol. The zero-order valence-electron chi connectivity index (χ0n) is 11.7. The molecule has 100 valence electrons. The smallest absolute Gasteiger partial charge is 0.131 e. The fourth-order valence-corrected chi connectivity index (χ4v) is 3.04. The van der Waals surface area contributed by atoms with Gasteiger partial charge in [0.1, 0.15) is 5.82 Å². The Kier molecular flexibility index (Phi) is 3.06. The Labute approximate surface area is 109 Å². The fraction of sp³-hybridized carbons (Fsp3) is 0.786. The molecule has 2 aliphatic rings. The van der Waals surface area contributed by atoms with E-state index in [-0.39, 0.29) is 0 Å². The lowest BCUT2D eigenvalue weighted by atomic mass is 10.2. The highest BCUT2D eigenvalue weighted by Crippen LogP contribution is 2.30. The van der Waals surface area contributed by atoms with Gasteiger partial charge in [0.05, 0.1) is 5.69 Å². The Bertz CT molecular complexity index is 433. The van der Waals surface area contributed by atoms with Crippen LogP contribution in [0.1, 0.15) is 43.9 Å². The van der Waals surface area contributed by atoms with Crippen molar-refractivity contribution >= 4 is 5.82 Å². The van der Waals surface area contributed by atoms with Crippen molar-refractivity contribution in [3.05, 3.63) is 11.3 Å². The maximum Gasteiger partial charge on any atom is 0.131 e. The van der Waals surface area contributed by atoms with Gasteiger partial charge in [-0.15, -0.1) is 0 Å². The van der Waals surface area contributed by atoms with E-state index in [9.17, 15) is 0 Å². The molecule has 1 N–H and O–H groups in total. The average Bonchev–Trinajstić information content (AvgIpc) is 3.00. The first-order valence-electron chi connectivity index (χ1n) is 7.19. The molecule has 1 aliphatic heterocycles. The Balaban J connectivity index is 1.85. The topological polar surface area (TPSA) is 33.1 Å². The van der Waals surface area contributed by atoms with Gasteiger partial charge in [-0.1, -0.05) is 0 Å². The normalized spacial score (nSPS) is 23.9. The van der Waals surface area contributed by atoms with Gasteiger partial charge in [0, 0.05) is 37.8 Å². The van der Waals surface area contributed by atoms with Gasteiger partial charge in [0.25, 0.3) is 0 Å². The van der Waals surface area contributed by atoms with Gasteiger partial charge in [-0.3, -0.25) is 4.68 Å². The summed E-state index contributed by atoms with van der Waals surface area (Å²) in [6, 6.07) is 1.41. The molecular formula is C14H24N4. The molecule has 2 heterocycles. The SMILES string of the molecule is Cc1nn(C)c(N2CCCC2C)c1CNC1CC1. The first kappa shape index (κ1) is 12.0. The summed E-state index contributed by atoms with van der Waals surface area (Å²) in [5.74, 6) is 1.34. The number of aryl methyl sites for hydroxylation is 2. The summed E-state index contributed by atoms with van der Waals surface area (Å²) in [5, 5.41) is 8.25. The lowest BCUT2D eigenvalue weighted by Gasteiger charge is -2.25. The van der Waals surface area contributed by atoms with E-state index in [0.717, 1.165) is 12.6 Å². The molecule has 0 amide bonds. The Hall–Kier alpha value is -1.03. The van der Waals surface area contributed by atoms with E-state index in [1.165, 1.54) is 49.3 Å². The number of hydrogen-bond acceptors (Lipinski definition) is 3. The molecule has 1 atom stereocenters. The van der Waals surface area contributed by atoms with Crippen LogP contribution in [0.2, 0.25) is 0 Å². The van der Waals surface area contributed by atoms with Crippen LogP contribution in [-0.2, 0) is 13.6 Å². The molecule has 3 rings (SSSR count). The molecule has 4 heteroatoms. The van der Waals surface area contributed by atoms with E-state index >= 15 is 0 Å². The summed E-state index contributed by atoms with van der Waals surface area (Å²) < 4.78 is 2.07. The first-order chi connectivity index (χ1) is 8.66. The molecule has 18 heavy (non-hydrogen) atoms. The van der Waals surface area contributed by atoms with Crippen molar-refractivity contribution in [2.75, 3.05) is 11.4 Å². The molecule has 1 aromatic heterocycles. The highest BCUT2D eigenvalue weighted by Gasteiger charge is 2.28.